The average Bonchev–Trinajstić information content (AvgIpc) is 2.53. The van der Waals surface area contributed by atoms with Gasteiger partial charge in [0.1, 0.15) is 5.72 Å². The van der Waals surface area contributed by atoms with E-state index in [1.807, 2.05) is 13.8 Å². The molecule has 2 fully saturated rings. The molecule has 2 atom stereocenters. The van der Waals surface area contributed by atoms with Crippen LogP contribution in [0.5, 0.6) is 0 Å². The lowest BCUT2D eigenvalue weighted by Gasteiger charge is -2.30. The molecule has 0 unspecified atom stereocenters. The minimum absolute atomic E-state index is 0.0672. The molecule has 2 aliphatic heterocycles. The Kier molecular flexibility index (Phi) is 1.90. The maximum Gasteiger partial charge on any atom is 0.262 e. The first kappa shape index (κ1) is 9.90. The molecule has 1 amide bonds. The highest BCUT2D eigenvalue weighted by atomic mass is 19.1. The third-order valence-corrected chi connectivity index (χ3v) is 3.30. The number of carbonyl (C=O) groups excluding carboxylic acids is 1. The van der Waals surface area contributed by atoms with Gasteiger partial charge in [0.15, 0.2) is 5.67 Å². The van der Waals surface area contributed by atoms with Gasteiger partial charge in [0, 0.05) is 6.42 Å². The van der Waals surface area contributed by atoms with Gasteiger partial charge in [-0.3, -0.25) is 4.79 Å². The maximum atomic E-state index is 14.1. The lowest BCUT2D eigenvalue weighted by Crippen LogP contribution is -2.47. The van der Waals surface area contributed by atoms with Gasteiger partial charge in [-0.05, 0) is 20.3 Å². The fourth-order valence-corrected chi connectivity index (χ4v) is 2.42. The largest absolute Gasteiger partial charge is 0.354 e. The molecule has 0 N–H and O–H groups in total. The highest BCUT2D eigenvalue weighted by Gasteiger charge is 2.58. The van der Waals surface area contributed by atoms with Crippen molar-refractivity contribution in [2.24, 2.45) is 0 Å². The van der Waals surface area contributed by atoms with Crippen LogP contribution < -0.4 is 0 Å². The van der Waals surface area contributed by atoms with Gasteiger partial charge in [-0.2, -0.15) is 0 Å². The van der Waals surface area contributed by atoms with Crippen LogP contribution in [-0.4, -0.2) is 34.8 Å². The van der Waals surface area contributed by atoms with Crippen LogP contribution in [0.4, 0.5) is 4.39 Å². The third kappa shape index (κ3) is 1.10. The fourth-order valence-electron chi connectivity index (χ4n) is 2.42. The summed E-state index contributed by atoms with van der Waals surface area (Å²) >= 11 is 0. The number of fused-ring (bicyclic) bond motifs is 1. The van der Waals surface area contributed by atoms with Gasteiger partial charge < -0.3 is 9.64 Å². The van der Waals surface area contributed by atoms with Gasteiger partial charge in [-0.15, -0.1) is 0 Å². The van der Waals surface area contributed by atoms with Gasteiger partial charge in [0.05, 0.1) is 12.6 Å². The molecule has 4 heteroatoms. The van der Waals surface area contributed by atoms with E-state index in [-0.39, 0.29) is 18.9 Å². The number of hydrogen-bond acceptors (Lipinski definition) is 2. The summed E-state index contributed by atoms with van der Waals surface area (Å²) in [5, 5.41) is 0. The summed E-state index contributed by atoms with van der Waals surface area (Å²) in [7, 11) is 0. The molecule has 2 aliphatic rings. The van der Waals surface area contributed by atoms with Crippen molar-refractivity contribution in [3.05, 3.63) is 0 Å². The molecule has 2 rings (SSSR count). The zero-order valence-corrected chi connectivity index (χ0v) is 8.84. The first-order valence-corrected chi connectivity index (χ1v) is 5.07. The first-order chi connectivity index (χ1) is 6.41. The Morgan fingerprint density at radius 2 is 2.29 bits per heavy atom. The molecule has 14 heavy (non-hydrogen) atoms. The molecular weight excluding hydrogens is 185 g/mol. The number of hydrogen-bond donors (Lipinski definition) is 0. The minimum atomic E-state index is -1.65. The molecule has 0 aromatic carbocycles. The van der Waals surface area contributed by atoms with Crippen molar-refractivity contribution in [3.63, 3.8) is 0 Å². The van der Waals surface area contributed by atoms with Crippen molar-refractivity contribution in [2.45, 2.75) is 51.0 Å². The van der Waals surface area contributed by atoms with Crippen LogP contribution in [0.3, 0.4) is 0 Å². The summed E-state index contributed by atoms with van der Waals surface area (Å²) in [6, 6.07) is -0.0672. The Hall–Kier alpha value is -0.640. The standard InChI is InChI=1S/C10H16FNO2/c1-4-10(11)5-7-6-14-9(2,3)12(7)8(10)13/h7H,4-6H2,1-3H3/t7-,10+/m0/s1. The smallest absolute Gasteiger partial charge is 0.262 e. The predicted molar refractivity (Wildman–Crippen MR) is 49.4 cm³/mol. The predicted octanol–water partition coefficient (Wildman–Crippen LogP) is 1.47. The maximum absolute atomic E-state index is 14.1. The second-order valence-electron chi connectivity index (χ2n) is 4.61. The van der Waals surface area contributed by atoms with Crippen LogP contribution in [0.25, 0.3) is 0 Å². The number of ether oxygens (including phenoxy) is 1. The zero-order chi connectivity index (χ0) is 10.6. The molecule has 80 valence electrons. The Morgan fingerprint density at radius 3 is 2.79 bits per heavy atom. The van der Waals surface area contributed by atoms with Gasteiger partial charge in [0.25, 0.3) is 5.91 Å². The van der Waals surface area contributed by atoms with Crippen molar-refractivity contribution < 1.29 is 13.9 Å². The van der Waals surface area contributed by atoms with Crippen LogP contribution in [-0.2, 0) is 9.53 Å². The Morgan fingerprint density at radius 1 is 1.64 bits per heavy atom. The van der Waals surface area contributed by atoms with Gasteiger partial charge in [-0.25, -0.2) is 4.39 Å². The second kappa shape index (κ2) is 2.69. The van der Waals surface area contributed by atoms with Crippen LogP contribution >= 0.6 is 0 Å². The van der Waals surface area contributed by atoms with Crippen LogP contribution in [0.1, 0.15) is 33.6 Å². The van der Waals surface area contributed by atoms with Crippen molar-refractivity contribution in [1.82, 2.24) is 4.90 Å². The SMILES string of the molecule is CC[C@@]1(F)C[C@H]2COC(C)(C)N2C1=O. The fraction of sp³-hybridized carbons (Fsp3) is 0.900. The van der Waals surface area contributed by atoms with Crippen LogP contribution in [0, 0.1) is 0 Å². The molecule has 0 aromatic heterocycles. The molecule has 0 aromatic rings. The number of carbonyl (C=O) groups is 1. The number of nitrogens with zero attached hydrogens (tertiary/aromatic N) is 1. The van der Waals surface area contributed by atoms with E-state index in [1.165, 1.54) is 0 Å². The van der Waals surface area contributed by atoms with E-state index in [0.29, 0.717) is 6.61 Å². The van der Waals surface area contributed by atoms with Gasteiger partial charge in [-0.1, -0.05) is 6.92 Å². The van der Waals surface area contributed by atoms with E-state index >= 15 is 0 Å². The van der Waals surface area contributed by atoms with Crippen LogP contribution in [0.2, 0.25) is 0 Å². The van der Waals surface area contributed by atoms with E-state index in [2.05, 4.69) is 0 Å². The molecule has 0 radical (unpaired) electrons. The summed E-state index contributed by atoms with van der Waals surface area (Å²) in [5.41, 5.74) is -2.28. The minimum Gasteiger partial charge on any atom is -0.354 e. The molecule has 0 saturated carbocycles. The Balaban J connectivity index is 2.30. The summed E-state index contributed by atoms with van der Waals surface area (Å²) in [4.78, 5) is 13.4. The molecule has 0 spiro atoms. The summed E-state index contributed by atoms with van der Waals surface area (Å²) in [6.07, 6.45) is 0.542. The third-order valence-electron chi connectivity index (χ3n) is 3.30. The summed E-state index contributed by atoms with van der Waals surface area (Å²) < 4.78 is 19.5. The van der Waals surface area contributed by atoms with Crippen molar-refractivity contribution >= 4 is 5.91 Å². The lowest BCUT2D eigenvalue weighted by atomic mass is 9.99. The van der Waals surface area contributed by atoms with Crippen molar-refractivity contribution in [2.75, 3.05) is 6.61 Å². The van der Waals surface area contributed by atoms with E-state index < -0.39 is 17.3 Å². The lowest BCUT2D eigenvalue weighted by molar-refractivity contribution is -0.151. The average molecular weight is 201 g/mol. The highest BCUT2D eigenvalue weighted by molar-refractivity contribution is 5.88. The van der Waals surface area contributed by atoms with Gasteiger partial charge >= 0.3 is 0 Å². The van der Waals surface area contributed by atoms with Crippen molar-refractivity contribution in [3.8, 4) is 0 Å². The Bertz CT molecular complexity index is 279. The van der Waals surface area contributed by atoms with E-state index in [0.717, 1.165) is 0 Å². The number of rotatable bonds is 1. The summed E-state index contributed by atoms with van der Waals surface area (Å²) in [6.45, 7) is 5.80. The number of amides is 1. The number of halogens is 1. The number of alkyl halides is 1. The molecule has 0 bridgehead atoms. The highest BCUT2D eigenvalue weighted by Crippen LogP contribution is 2.42. The monoisotopic (exact) mass is 201 g/mol. The molecule has 2 saturated heterocycles. The topological polar surface area (TPSA) is 29.5 Å². The molecule has 2 heterocycles. The second-order valence-corrected chi connectivity index (χ2v) is 4.61. The first-order valence-electron chi connectivity index (χ1n) is 5.07. The summed E-state index contributed by atoms with van der Waals surface area (Å²) in [5.74, 6) is -0.396. The molecular formula is C10H16FNO2. The van der Waals surface area contributed by atoms with Gasteiger partial charge in [0.2, 0.25) is 0 Å². The quantitative estimate of drug-likeness (QED) is 0.643. The zero-order valence-electron chi connectivity index (χ0n) is 8.84. The Labute approximate surface area is 83.2 Å². The van der Waals surface area contributed by atoms with Crippen molar-refractivity contribution in [1.29, 1.82) is 0 Å². The molecule has 3 nitrogen and oxygen atoms in total. The normalized spacial score (nSPS) is 40.4. The van der Waals surface area contributed by atoms with E-state index in [9.17, 15) is 9.18 Å². The van der Waals surface area contributed by atoms with Crippen LogP contribution in [0.15, 0.2) is 0 Å². The van der Waals surface area contributed by atoms with E-state index in [4.69, 9.17) is 4.74 Å². The van der Waals surface area contributed by atoms with E-state index in [1.54, 1.807) is 11.8 Å². The molecule has 0 aliphatic carbocycles.